The summed E-state index contributed by atoms with van der Waals surface area (Å²) in [6.07, 6.45) is 11.5. The highest BCUT2D eigenvalue weighted by molar-refractivity contribution is 5.95. The number of guanidine groups is 1. The molecule has 18 nitrogen and oxygen atoms in total. The smallest absolute Gasteiger partial charge is 0.326 e. The van der Waals surface area contributed by atoms with Gasteiger partial charge in [0.1, 0.15) is 24.4 Å². The van der Waals surface area contributed by atoms with Crippen LogP contribution in [0.4, 0.5) is 0 Å². The van der Waals surface area contributed by atoms with Crippen molar-refractivity contribution in [2.24, 2.45) is 28.3 Å². The molecule has 1 heterocycles. The van der Waals surface area contributed by atoms with Crippen LogP contribution in [0.25, 0.3) is 10.9 Å². The first-order valence-corrected chi connectivity index (χ1v) is 25.3. The van der Waals surface area contributed by atoms with E-state index in [9.17, 15) is 29.1 Å². The largest absolute Gasteiger partial charge is 0.489 e. The Hall–Kier alpha value is -7.12. The van der Waals surface area contributed by atoms with Crippen LogP contribution in [-0.4, -0.2) is 76.7 Å². The molecule has 5 rings (SSSR count). The van der Waals surface area contributed by atoms with Gasteiger partial charge >= 0.3 is 5.97 Å². The number of aliphatic carboxylic acids is 1. The molecule has 0 saturated carbocycles. The van der Waals surface area contributed by atoms with Gasteiger partial charge in [0.05, 0.1) is 6.04 Å². The summed E-state index contributed by atoms with van der Waals surface area (Å²) in [6.45, 7) is 1.16. The van der Waals surface area contributed by atoms with Crippen LogP contribution >= 0.6 is 0 Å². The monoisotopic (exact) mass is 1000 g/mol. The molecule has 0 spiro atoms. The molecule has 0 radical (unpaired) electrons. The molecule has 0 saturated heterocycles. The summed E-state index contributed by atoms with van der Waals surface area (Å²) in [7, 11) is 0. The van der Waals surface area contributed by atoms with Crippen LogP contribution in [0.15, 0.2) is 120 Å². The zero-order chi connectivity index (χ0) is 52.0. The molecule has 18 heteroatoms. The van der Waals surface area contributed by atoms with E-state index in [1.807, 2.05) is 109 Å². The molecule has 4 aromatic carbocycles. The molecule has 73 heavy (non-hydrogen) atoms. The molecule has 5 aromatic rings. The van der Waals surface area contributed by atoms with Crippen LogP contribution in [0.5, 0.6) is 5.75 Å². The highest BCUT2D eigenvalue weighted by Gasteiger charge is 2.32. The minimum Gasteiger partial charge on any atom is -0.489 e. The Bertz CT molecular complexity index is 2470. The van der Waals surface area contributed by atoms with Crippen molar-refractivity contribution in [3.8, 4) is 5.75 Å². The van der Waals surface area contributed by atoms with Crippen LogP contribution in [0, 0.1) is 5.92 Å². The molecule has 0 aliphatic rings. The summed E-state index contributed by atoms with van der Waals surface area (Å²) in [5, 5.41) is 19.6. The van der Waals surface area contributed by atoms with Gasteiger partial charge in [-0.25, -0.2) is 10.3 Å². The number of carboxylic acids is 1. The minimum absolute atomic E-state index is 0.00651. The number of ketones is 1. The second-order valence-corrected chi connectivity index (χ2v) is 18.2. The van der Waals surface area contributed by atoms with Crippen molar-refractivity contribution in [3.63, 3.8) is 0 Å². The molecule has 3 amide bonds. The Morgan fingerprint density at radius 3 is 1.93 bits per heavy atom. The maximum absolute atomic E-state index is 14.7. The Kier molecular flexibility index (Phi) is 24.9. The van der Waals surface area contributed by atoms with Crippen LogP contribution in [0.2, 0.25) is 0 Å². The lowest BCUT2D eigenvalue weighted by Gasteiger charge is -2.25. The second-order valence-electron chi connectivity index (χ2n) is 18.2. The topological polar surface area (TPSA) is 288 Å². The fraction of sp³-hybridized carbons (Fsp3) is 0.418. The summed E-state index contributed by atoms with van der Waals surface area (Å²) in [5.74, 6) is 1.09. The van der Waals surface area contributed by atoms with E-state index in [2.05, 4.69) is 41.4 Å². The number of hydrogen-bond donors (Lipinski definition) is 9. The number of carbonyl (C=O) groups excluding carboxylic acids is 4. The number of amides is 3. The van der Waals surface area contributed by atoms with Gasteiger partial charge in [-0.15, -0.1) is 4.99 Å². The highest BCUT2D eigenvalue weighted by Crippen LogP contribution is 2.22. The van der Waals surface area contributed by atoms with E-state index in [0.29, 0.717) is 24.3 Å². The molecule has 392 valence electrons. The number of nitrogens with zero attached hydrogens (tertiary/aromatic N) is 1. The number of nitrogens with two attached hydrogens (primary N) is 3. The fourth-order valence-corrected chi connectivity index (χ4v) is 8.56. The average molecular weight is 1000 g/mol. The van der Waals surface area contributed by atoms with E-state index in [4.69, 9.17) is 22.1 Å². The Labute approximate surface area is 427 Å². The summed E-state index contributed by atoms with van der Waals surface area (Å²) in [6, 6.07) is 30.2. The van der Waals surface area contributed by atoms with Gasteiger partial charge in [0, 0.05) is 48.8 Å². The Balaban J connectivity index is 1.33. The quantitative estimate of drug-likeness (QED) is 0.00723. The number of para-hydroxylation sites is 1. The number of ether oxygens (including phenoxy) is 1. The van der Waals surface area contributed by atoms with Crippen LogP contribution < -0.4 is 43.5 Å². The Morgan fingerprint density at radius 1 is 0.644 bits per heavy atom. The van der Waals surface area contributed by atoms with E-state index in [0.717, 1.165) is 72.7 Å². The summed E-state index contributed by atoms with van der Waals surface area (Å²) in [4.78, 5) is 85.4. The first kappa shape index (κ1) is 56.8. The summed E-state index contributed by atoms with van der Waals surface area (Å²) in [5.41, 5.74) is 17.6. The zero-order valence-corrected chi connectivity index (χ0v) is 41.6. The van der Waals surface area contributed by atoms with Gasteiger partial charge in [-0.3, -0.25) is 24.2 Å². The number of hydroxylamine groups is 1. The molecule has 4 atom stereocenters. The molecule has 0 bridgehead atoms. The Morgan fingerprint density at radius 2 is 1.26 bits per heavy atom. The van der Waals surface area contributed by atoms with Crippen molar-refractivity contribution >= 4 is 46.3 Å². The van der Waals surface area contributed by atoms with Gasteiger partial charge in [0.25, 0.3) is 0 Å². The molecule has 0 aliphatic heterocycles. The lowest BCUT2D eigenvalue weighted by Crippen LogP contribution is -2.53. The van der Waals surface area contributed by atoms with Gasteiger partial charge in [0.15, 0.2) is 5.78 Å². The number of rotatable bonds is 35. The van der Waals surface area contributed by atoms with Gasteiger partial charge in [-0.05, 0) is 85.5 Å². The molecule has 12 N–H and O–H groups in total. The van der Waals surface area contributed by atoms with E-state index in [1.165, 1.54) is 12.8 Å². The lowest BCUT2D eigenvalue weighted by atomic mass is 9.89. The maximum Gasteiger partial charge on any atom is 0.326 e. The number of benzene rings is 4. The normalized spacial score (nSPS) is 13.1. The molecule has 0 fully saturated rings. The number of H-pyrrole nitrogens is 1. The first-order chi connectivity index (χ1) is 35.5. The molecular formula is C55H73N9O9. The number of aromatic nitrogens is 1. The molecular weight excluding hydrogens is 931 g/mol. The highest BCUT2D eigenvalue weighted by atomic mass is 17.3. The molecule has 4 unspecified atom stereocenters. The van der Waals surface area contributed by atoms with Gasteiger partial charge in [-0.2, -0.15) is 5.90 Å². The first-order valence-electron chi connectivity index (χ1n) is 25.3. The number of aromatic amines is 1. The van der Waals surface area contributed by atoms with Gasteiger partial charge in [0.2, 0.25) is 23.7 Å². The number of unbranched alkanes of at least 4 members (excludes halogenated alkanes) is 8. The number of nitrogens with one attached hydrogen (secondary N) is 5. The van der Waals surface area contributed by atoms with E-state index in [1.54, 1.807) is 6.20 Å². The minimum atomic E-state index is -1.36. The van der Waals surface area contributed by atoms with E-state index >= 15 is 0 Å². The average Bonchev–Trinajstić information content (AvgIpc) is 3.81. The number of hydrogen-bond acceptors (Lipinski definition) is 11. The van der Waals surface area contributed by atoms with Crippen molar-refractivity contribution in [3.05, 3.63) is 138 Å². The standard InChI is InChI=1S/C55H73N9O9/c56-31-17-7-5-3-1-2-4-6-14-26-51(66)61-48(34-40-27-29-44(30-28-40)71-38-41-21-12-9-13-22-41)50(65)36-42(33-39-19-10-8-11-20-39)52(67)62-47(25-18-32-59-55(57)64-73-72-58)53(68)63-49(54(69)70)35-43-37-60-46-24-16-15-23-45(43)46/h8-13,15-16,19-24,27-30,37,42,47-49,60H,1-7,14,17-18,25-26,31-36,38,56,58H2,(H,61,66)(H,62,67)(H,63,68)(H,69,70)(H3,57,59,64). The zero-order valence-electron chi connectivity index (χ0n) is 41.6. The van der Waals surface area contributed by atoms with Gasteiger partial charge < -0.3 is 42.2 Å². The predicted molar refractivity (Wildman–Crippen MR) is 280 cm³/mol. The van der Waals surface area contributed by atoms with Crippen molar-refractivity contribution in [1.82, 2.24) is 26.4 Å². The third-order valence-corrected chi connectivity index (χ3v) is 12.6. The van der Waals surface area contributed by atoms with Crippen LogP contribution in [0.1, 0.15) is 106 Å². The third-order valence-electron chi connectivity index (χ3n) is 12.6. The summed E-state index contributed by atoms with van der Waals surface area (Å²) >= 11 is 0. The van der Waals surface area contributed by atoms with Crippen molar-refractivity contribution in [2.45, 2.75) is 127 Å². The van der Waals surface area contributed by atoms with E-state index in [-0.39, 0.29) is 69.1 Å². The van der Waals surface area contributed by atoms with Gasteiger partial charge in [-0.1, -0.05) is 141 Å². The summed E-state index contributed by atoms with van der Waals surface area (Å²) < 4.78 is 6.00. The number of aliphatic imine (C=N–C) groups is 1. The lowest BCUT2D eigenvalue weighted by molar-refractivity contribution is -0.326. The number of carbonyl (C=O) groups is 5. The molecule has 0 aliphatic carbocycles. The second kappa shape index (κ2) is 32.1. The van der Waals surface area contributed by atoms with Crippen molar-refractivity contribution in [1.29, 1.82) is 0 Å². The maximum atomic E-state index is 14.7. The van der Waals surface area contributed by atoms with Crippen molar-refractivity contribution < 1.29 is 43.8 Å². The van der Waals surface area contributed by atoms with E-state index < -0.39 is 41.8 Å². The predicted octanol–water partition coefficient (Wildman–Crippen LogP) is 6.17. The number of Topliss-reactive ketones (excluding diaryl/α,β-unsaturated/α-hetero) is 1. The van der Waals surface area contributed by atoms with Crippen LogP contribution in [0.3, 0.4) is 0 Å². The third kappa shape index (κ3) is 20.9. The van der Waals surface area contributed by atoms with Crippen LogP contribution in [-0.2, 0) is 59.8 Å². The number of carboxylic acid groups (broad SMARTS) is 1. The SMILES string of the molecule is NCCCCCCCCCCCC(=O)NC(Cc1ccc(OCc2ccccc2)cc1)C(=O)CC(Cc1ccccc1)C(=O)NC(CCCN=C(N)NOON)C(=O)NC(Cc1c[nH]c2ccccc12)C(=O)O. The molecule has 1 aromatic heterocycles. The fourth-order valence-electron chi connectivity index (χ4n) is 8.56. The van der Waals surface area contributed by atoms with Crippen molar-refractivity contribution in [2.75, 3.05) is 13.1 Å². The number of fused-ring (bicyclic) bond motifs is 1.